The zero-order chi connectivity index (χ0) is 13.9. The molecule has 1 saturated carbocycles. The highest BCUT2D eigenvalue weighted by molar-refractivity contribution is 5.03. The maximum atomic E-state index is 5.75. The molecule has 0 aromatic rings. The molecule has 0 amide bonds. The standard InChI is InChI=1S/C16H32N2O/c1-14(2)19-11-10-18-13-16(8-6-5-7-9-16)17-12-15(18,3)4/h14,17H,5-13H2,1-4H3. The van der Waals surface area contributed by atoms with Crippen molar-refractivity contribution in [3.8, 4) is 0 Å². The molecule has 19 heavy (non-hydrogen) atoms. The van der Waals surface area contributed by atoms with E-state index in [0.717, 1.165) is 19.7 Å². The van der Waals surface area contributed by atoms with Crippen molar-refractivity contribution in [2.75, 3.05) is 26.2 Å². The van der Waals surface area contributed by atoms with Gasteiger partial charge in [-0.1, -0.05) is 19.3 Å². The summed E-state index contributed by atoms with van der Waals surface area (Å²) in [5.41, 5.74) is 0.647. The molecule has 1 saturated heterocycles. The van der Waals surface area contributed by atoms with Crippen LogP contribution in [0.5, 0.6) is 0 Å². The Morgan fingerprint density at radius 1 is 1.16 bits per heavy atom. The van der Waals surface area contributed by atoms with Crippen molar-refractivity contribution >= 4 is 0 Å². The summed E-state index contributed by atoms with van der Waals surface area (Å²) in [5.74, 6) is 0. The van der Waals surface area contributed by atoms with Crippen molar-refractivity contribution in [1.82, 2.24) is 10.2 Å². The second-order valence-electron chi connectivity index (χ2n) is 7.35. The van der Waals surface area contributed by atoms with E-state index >= 15 is 0 Å². The van der Waals surface area contributed by atoms with E-state index in [2.05, 4.69) is 37.9 Å². The van der Waals surface area contributed by atoms with Crippen LogP contribution in [0.4, 0.5) is 0 Å². The van der Waals surface area contributed by atoms with Gasteiger partial charge in [-0.25, -0.2) is 0 Å². The summed E-state index contributed by atoms with van der Waals surface area (Å²) in [6, 6.07) is 0. The van der Waals surface area contributed by atoms with Gasteiger partial charge in [0.25, 0.3) is 0 Å². The summed E-state index contributed by atoms with van der Waals surface area (Å²) >= 11 is 0. The normalized spacial score (nSPS) is 27.0. The molecule has 0 bridgehead atoms. The van der Waals surface area contributed by atoms with Gasteiger partial charge in [0.15, 0.2) is 0 Å². The van der Waals surface area contributed by atoms with Gasteiger partial charge in [-0.05, 0) is 40.5 Å². The van der Waals surface area contributed by atoms with E-state index in [-0.39, 0.29) is 5.54 Å². The number of nitrogens with zero attached hydrogens (tertiary/aromatic N) is 1. The number of nitrogens with one attached hydrogen (secondary N) is 1. The molecule has 2 aliphatic rings. The fourth-order valence-electron chi connectivity index (χ4n) is 3.49. The summed E-state index contributed by atoms with van der Waals surface area (Å²) in [6.45, 7) is 13.2. The lowest BCUT2D eigenvalue weighted by Crippen LogP contribution is -2.68. The first-order valence-corrected chi connectivity index (χ1v) is 8.05. The number of hydrogen-bond donors (Lipinski definition) is 1. The maximum Gasteiger partial charge on any atom is 0.0597 e. The second-order valence-corrected chi connectivity index (χ2v) is 7.35. The third kappa shape index (κ3) is 3.93. The van der Waals surface area contributed by atoms with E-state index in [0.29, 0.717) is 11.6 Å². The Kier molecular flexibility index (Phi) is 4.91. The molecule has 112 valence electrons. The Morgan fingerprint density at radius 3 is 2.47 bits per heavy atom. The van der Waals surface area contributed by atoms with E-state index in [1.807, 2.05) is 0 Å². The molecule has 1 N–H and O–H groups in total. The molecule has 0 aromatic carbocycles. The molecular weight excluding hydrogens is 236 g/mol. The van der Waals surface area contributed by atoms with E-state index in [1.165, 1.54) is 38.6 Å². The molecule has 1 aliphatic carbocycles. The highest BCUT2D eigenvalue weighted by atomic mass is 16.5. The van der Waals surface area contributed by atoms with Gasteiger partial charge in [-0.15, -0.1) is 0 Å². The molecule has 1 heterocycles. The second kappa shape index (κ2) is 6.11. The number of piperazine rings is 1. The smallest absolute Gasteiger partial charge is 0.0597 e. The van der Waals surface area contributed by atoms with Crippen LogP contribution in [0.2, 0.25) is 0 Å². The quantitative estimate of drug-likeness (QED) is 0.848. The minimum absolute atomic E-state index is 0.253. The molecule has 0 radical (unpaired) electrons. The van der Waals surface area contributed by atoms with Crippen molar-refractivity contribution in [3.63, 3.8) is 0 Å². The van der Waals surface area contributed by atoms with E-state index < -0.39 is 0 Å². The van der Waals surface area contributed by atoms with Crippen molar-refractivity contribution in [2.45, 2.75) is 77.0 Å². The minimum atomic E-state index is 0.253. The van der Waals surface area contributed by atoms with Crippen LogP contribution in [0, 0.1) is 0 Å². The summed E-state index contributed by atoms with van der Waals surface area (Å²) in [5, 5.41) is 3.87. The lowest BCUT2D eigenvalue weighted by Gasteiger charge is -2.53. The van der Waals surface area contributed by atoms with Crippen LogP contribution in [-0.2, 0) is 4.74 Å². The fourth-order valence-corrected chi connectivity index (χ4v) is 3.49. The fraction of sp³-hybridized carbons (Fsp3) is 1.00. The van der Waals surface area contributed by atoms with Gasteiger partial charge in [0.1, 0.15) is 0 Å². The maximum absolute atomic E-state index is 5.75. The zero-order valence-electron chi connectivity index (χ0n) is 13.3. The molecule has 1 aliphatic heterocycles. The molecule has 2 rings (SSSR count). The Morgan fingerprint density at radius 2 is 1.84 bits per heavy atom. The van der Waals surface area contributed by atoms with Crippen LogP contribution in [-0.4, -0.2) is 48.3 Å². The molecule has 0 aromatic heterocycles. The highest BCUT2D eigenvalue weighted by Gasteiger charge is 2.42. The third-order valence-corrected chi connectivity index (χ3v) is 4.87. The first kappa shape index (κ1) is 15.3. The van der Waals surface area contributed by atoms with Crippen molar-refractivity contribution in [1.29, 1.82) is 0 Å². The Labute approximate surface area is 119 Å². The largest absolute Gasteiger partial charge is 0.377 e. The summed E-state index contributed by atoms with van der Waals surface area (Å²) in [6.07, 6.45) is 7.25. The third-order valence-electron chi connectivity index (χ3n) is 4.87. The Bertz CT molecular complexity index is 282. The Hall–Kier alpha value is -0.120. The SMILES string of the molecule is CC(C)OCCN1CC2(CCCCC2)NCC1(C)C. The van der Waals surface area contributed by atoms with Crippen LogP contribution in [0.1, 0.15) is 59.8 Å². The van der Waals surface area contributed by atoms with Gasteiger partial charge in [0.2, 0.25) is 0 Å². The average Bonchev–Trinajstić information content (AvgIpc) is 2.35. The van der Waals surface area contributed by atoms with Crippen LogP contribution >= 0.6 is 0 Å². The van der Waals surface area contributed by atoms with E-state index in [4.69, 9.17) is 4.74 Å². The minimum Gasteiger partial charge on any atom is -0.377 e. The molecule has 3 heteroatoms. The predicted molar refractivity (Wildman–Crippen MR) is 80.6 cm³/mol. The first-order chi connectivity index (χ1) is 8.94. The van der Waals surface area contributed by atoms with Gasteiger partial charge < -0.3 is 10.1 Å². The molecule has 2 fully saturated rings. The lowest BCUT2D eigenvalue weighted by atomic mass is 9.78. The van der Waals surface area contributed by atoms with Crippen LogP contribution < -0.4 is 5.32 Å². The van der Waals surface area contributed by atoms with Gasteiger partial charge in [-0.3, -0.25) is 4.90 Å². The molecule has 0 atom stereocenters. The zero-order valence-corrected chi connectivity index (χ0v) is 13.3. The van der Waals surface area contributed by atoms with Gasteiger partial charge >= 0.3 is 0 Å². The van der Waals surface area contributed by atoms with Crippen molar-refractivity contribution in [3.05, 3.63) is 0 Å². The van der Waals surface area contributed by atoms with Gasteiger partial charge in [0.05, 0.1) is 12.7 Å². The number of hydrogen-bond acceptors (Lipinski definition) is 3. The summed E-state index contributed by atoms with van der Waals surface area (Å²) in [7, 11) is 0. The molecule has 3 nitrogen and oxygen atoms in total. The topological polar surface area (TPSA) is 24.5 Å². The van der Waals surface area contributed by atoms with Crippen LogP contribution in [0.25, 0.3) is 0 Å². The van der Waals surface area contributed by atoms with Crippen LogP contribution in [0.3, 0.4) is 0 Å². The van der Waals surface area contributed by atoms with E-state index in [9.17, 15) is 0 Å². The predicted octanol–water partition coefficient (Wildman–Crippen LogP) is 2.80. The summed E-state index contributed by atoms with van der Waals surface area (Å²) < 4.78 is 5.75. The lowest BCUT2D eigenvalue weighted by molar-refractivity contribution is -0.0184. The van der Waals surface area contributed by atoms with Crippen LogP contribution in [0.15, 0.2) is 0 Å². The van der Waals surface area contributed by atoms with Gasteiger partial charge in [-0.2, -0.15) is 0 Å². The van der Waals surface area contributed by atoms with E-state index in [1.54, 1.807) is 0 Å². The molecular formula is C16H32N2O. The first-order valence-electron chi connectivity index (χ1n) is 8.05. The average molecular weight is 268 g/mol. The Balaban J connectivity index is 1.93. The molecule has 0 unspecified atom stereocenters. The number of rotatable bonds is 4. The number of ether oxygens (including phenoxy) is 1. The monoisotopic (exact) mass is 268 g/mol. The van der Waals surface area contributed by atoms with Gasteiger partial charge in [0, 0.05) is 30.7 Å². The summed E-state index contributed by atoms with van der Waals surface area (Å²) in [4.78, 5) is 2.65. The molecule has 1 spiro atoms. The van der Waals surface area contributed by atoms with Crippen molar-refractivity contribution in [2.24, 2.45) is 0 Å². The highest BCUT2D eigenvalue weighted by Crippen LogP contribution is 2.34. The van der Waals surface area contributed by atoms with Crippen molar-refractivity contribution < 1.29 is 4.74 Å².